The van der Waals surface area contributed by atoms with Gasteiger partial charge >= 0.3 is 0 Å². The molecule has 0 radical (unpaired) electrons. The lowest BCUT2D eigenvalue weighted by atomic mass is 10.0. The average molecular weight is 365 g/mol. The number of benzene rings is 2. The highest BCUT2D eigenvalue weighted by molar-refractivity contribution is 6.04. The molecule has 0 atom stereocenters. The summed E-state index contributed by atoms with van der Waals surface area (Å²) in [5.74, 6) is 0.905. The lowest BCUT2D eigenvalue weighted by Gasteiger charge is -2.11. The number of hydrogen-bond acceptors (Lipinski definition) is 4. The maximum Gasteiger partial charge on any atom is 0.274 e. The highest BCUT2D eigenvalue weighted by Gasteiger charge is 2.15. The molecule has 0 saturated carbocycles. The Bertz CT molecular complexity index is 1010. The van der Waals surface area contributed by atoms with Crippen LogP contribution in [-0.4, -0.2) is 28.8 Å². The second-order valence-electron chi connectivity index (χ2n) is 6.65. The van der Waals surface area contributed by atoms with E-state index in [-0.39, 0.29) is 17.2 Å². The highest BCUT2D eigenvalue weighted by atomic mass is 16.5. The Balaban J connectivity index is 1.62. The first kappa shape index (κ1) is 18.6. The van der Waals surface area contributed by atoms with Gasteiger partial charge in [0.2, 0.25) is 0 Å². The number of hydrogen-bond donors (Lipinski definition) is 1. The van der Waals surface area contributed by atoms with Crippen LogP contribution in [0.25, 0.3) is 10.8 Å². The third-order valence-electron chi connectivity index (χ3n) is 4.37. The predicted molar refractivity (Wildman–Crippen MR) is 105 cm³/mol. The summed E-state index contributed by atoms with van der Waals surface area (Å²) in [5.41, 5.74) is 1.26. The zero-order valence-corrected chi connectivity index (χ0v) is 15.7. The maximum absolute atomic E-state index is 12.5. The first-order chi connectivity index (χ1) is 13.0. The van der Waals surface area contributed by atoms with Crippen LogP contribution in [0.1, 0.15) is 35.8 Å². The maximum atomic E-state index is 12.5. The number of fused-ring (bicyclic) bond motifs is 1. The third kappa shape index (κ3) is 4.16. The smallest absolute Gasteiger partial charge is 0.274 e. The van der Waals surface area contributed by atoms with Crippen molar-refractivity contribution in [2.75, 3.05) is 13.2 Å². The monoisotopic (exact) mass is 365 g/mol. The Morgan fingerprint density at radius 1 is 1.11 bits per heavy atom. The molecule has 1 N–H and O–H groups in total. The van der Waals surface area contributed by atoms with E-state index in [2.05, 4.69) is 24.3 Å². The Morgan fingerprint density at radius 3 is 2.44 bits per heavy atom. The van der Waals surface area contributed by atoms with Crippen LogP contribution in [0.15, 0.2) is 53.3 Å². The van der Waals surface area contributed by atoms with Crippen molar-refractivity contribution in [1.29, 1.82) is 0 Å². The number of aryl methyl sites for hydroxylation is 1. The van der Waals surface area contributed by atoms with Gasteiger partial charge in [-0.25, -0.2) is 4.68 Å². The topological polar surface area (TPSA) is 73.2 Å². The molecule has 3 rings (SSSR count). The number of nitrogens with one attached hydrogen (secondary N) is 1. The molecule has 2 aromatic carbocycles. The van der Waals surface area contributed by atoms with Gasteiger partial charge in [0.25, 0.3) is 11.5 Å². The molecule has 27 heavy (non-hydrogen) atoms. The number of carbonyl (C=O) groups is 1. The van der Waals surface area contributed by atoms with E-state index in [9.17, 15) is 9.59 Å². The van der Waals surface area contributed by atoms with E-state index in [0.717, 1.165) is 5.75 Å². The van der Waals surface area contributed by atoms with Crippen molar-refractivity contribution in [2.45, 2.75) is 19.8 Å². The first-order valence-corrected chi connectivity index (χ1v) is 8.94. The zero-order valence-electron chi connectivity index (χ0n) is 15.7. The molecule has 6 nitrogen and oxygen atoms in total. The summed E-state index contributed by atoms with van der Waals surface area (Å²) in [5, 5.41) is 7.93. The number of carbonyl (C=O) groups excluding carboxylic acids is 1. The normalized spacial score (nSPS) is 11.0. The molecule has 0 bridgehead atoms. The van der Waals surface area contributed by atoms with E-state index in [1.807, 2.05) is 24.3 Å². The molecule has 3 aromatic rings. The van der Waals surface area contributed by atoms with Gasteiger partial charge in [0.1, 0.15) is 12.4 Å². The highest BCUT2D eigenvalue weighted by Crippen LogP contribution is 2.18. The van der Waals surface area contributed by atoms with E-state index in [1.165, 1.54) is 17.3 Å². The predicted octanol–water partition coefficient (Wildman–Crippen LogP) is 2.87. The van der Waals surface area contributed by atoms with Crippen LogP contribution < -0.4 is 15.6 Å². The fourth-order valence-corrected chi connectivity index (χ4v) is 2.83. The van der Waals surface area contributed by atoms with E-state index in [4.69, 9.17) is 4.74 Å². The largest absolute Gasteiger partial charge is 0.492 e. The van der Waals surface area contributed by atoms with Crippen molar-refractivity contribution in [3.63, 3.8) is 0 Å². The summed E-state index contributed by atoms with van der Waals surface area (Å²) in [6.45, 7) is 4.96. The van der Waals surface area contributed by atoms with Crippen molar-refractivity contribution in [1.82, 2.24) is 15.1 Å². The van der Waals surface area contributed by atoms with Crippen LogP contribution >= 0.6 is 0 Å². The van der Waals surface area contributed by atoms with Crippen LogP contribution in [0.4, 0.5) is 0 Å². The molecule has 6 heteroatoms. The van der Waals surface area contributed by atoms with Crippen LogP contribution in [0.3, 0.4) is 0 Å². The van der Waals surface area contributed by atoms with Crippen molar-refractivity contribution in [2.24, 2.45) is 7.05 Å². The van der Waals surface area contributed by atoms with Gasteiger partial charge in [-0.2, -0.15) is 5.10 Å². The van der Waals surface area contributed by atoms with Crippen molar-refractivity contribution >= 4 is 16.7 Å². The summed E-state index contributed by atoms with van der Waals surface area (Å²) < 4.78 is 6.85. The van der Waals surface area contributed by atoms with Crippen molar-refractivity contribution in [3.05, 3.63) is 70.1 Å². The number of ether oxygens (including phenoxy) is 1. The van der Waals surface area contributed by atoms with Gasteiger partial charge in [0.15, 0.2) is 5.69 Å². The van der Waals surface area contributed by atoms with Gasteiger partial charge < -0.3 is 10.1 Å². The summed E-state index contributed by atoms with van der Waals surface area (Å²) in [4.78, 5) is 24.6. The molecule has 0 unspecified atom stereocenters. The molecular weight excluding hydrogens is 342 g/mol. The number of rotatable bonds is 6. The number of nitrogens with zero attached hydrogens (tertiary/aromatic N) is 2. The number of aromatic nitrogens is 2. The molecule has 0 saturated heterocycles. The molecule has 0 fully saturated rings. The van der Waals surface area contributed by atoms with E-state index >= 15 is 0 Å². The lowest BCUT2D eigenvalue weighted by molar-refractivity contribution is 0.0941. The van der Waals surface area contributed by atoms with Crippen LogP contribution in [0.2, 0.25) is 0 Å². The number of amides is 1. The van der Waals surface area contributed by atoms with Crippen LogP contribution in [0, 0.1) is 0 Å². The molecule has 0 spiro atoms. The zero-order chi connectivity index (χ0) is 19.4. The lowest BCUT2D eigenvalue weighted by Crippen LogP contribution is -2.32. The Hall–Kier alpha value is -3.15. The fourth-order valence-electron chi connectivity index (χ4n) is 2.83. The standard InChI is InChI=1S/C21H23N3O3/c1-14(2)15-8-10-16(11-9-15)27-13-12-22-20(25)19-17-6-4-5-7-18(17)21(26)24(3)23-19/h4-11,14H,12-13H2,1-3H3,(H,22,25). The average Bonchev–Trinajstić information content (AvgIpc) is 2.68. The SMILES string of the molecule is CC(C)c1ccc(OCCNC(=O)c2nn(C)c(=O)c3ccccc23)cc1. The van der Waals surface area contributed by atoms with E-state index < -0.39 is 0 Å². The van der Waals surface area contributed by atoms with E-state index in [1.54, 1.807) is 24.3 Å². The van der Waals surface area contributed by atoms with E-state index in [0.29, 0.717) is 29.8 Å². The summed E-state index contributed by atoms with van der Waals surface area (Å²) >= 11 is 0. The summed E-state index contributed by atoms with van der Waals surface area (Å²) in [7, 11) is 1.54. The molecule has 0 aliphatic heterocycles. The second-order valence-corrected chi connectivity index (χ2v) is 6.65. The fraction of sp³-hybridized carbons (Fsp3) is 0.286. The van der Waals surface area contributed by atoms with Gasteiger partial charge in [-0.15, -0.1) is 0 Å². The molecule has 0 aliphatic carbocycles. The Labute approximate surface area is 157 Å². The van der Waals surface area contributed by atoms with Gasteiger partial charge in [0.05, 0.1) is 11.9 Å². The molecule has 1 aromatic heterocycles. The Morgan fingerprint density at radius 2 is 1.78 bits per heavy atom. The summed E-state index contributed by atoms with van der Waals surface area (Å²) in [6.07, 6.45) is 0. The molecular formula is C21H23N3O3. The second kappa shape index (κ2) is 8.03. The minimum Gasteiger partial charge on any atom is -0.492 e. The van der Waals surface area contributed by atoms with Gasteiger partial charge in [-0.05, 0) is 29.7 Å². The molecule has 140 valence electrons. The van der Waals surface area contributed by atoms with Crippen molar-refractivity contribution < 1.29 is 9.53 Å². The van der Waals surface area contributed by atoms with Gasteiger partial charge in [0, 0.05) is 12.4 Å². The van der Waals surface area contributed by atoms with Crippen LogP contribution in [-0.2, 0) is 7.05 Å². The Kier molecular flexibility index (Phi) is 5.54. The minimum atomic E-state index is -0.333. The molecule has 1 heterocycles. The molecule has 0 aliphatic rings. The third-order valence-corrected chi connectivity index (χ3v) is 4.37. The van der Waals surface area contributed by atoms with Crippen molar-refractivity contribution in [3.8, 4) is 5.75 Å². The summed E-state index contributed by atoms with van der Waals surface area (Å²) in [6, 6.07) is 14.9. The quantitative estimate of drug-likeness (QED) is 0.682. The first-order valence-electron chi connectivity index (χ1n) is 8.94. The minimum absolute atomic E-state index is 0.227. The molecule has 1 amide bonds. The van der Waals surface area contributed by atoms with Gasteiger partial charge in [-0.3, -0.25) is 9.59 Å². The van der Waals surface area contributed by atoms with Crippen LogP contribution in [0.5, 0.6) is 5.75 Å². The van der Waals surface area contributed by atoms with Gasteiger partial charge in [-0.1, -0.05) is 44.2 Å².